The normalized spacial score (nSPS) is 29.0. The fourth-order valence-electron chi connectivity index (χ4n) is 4.16. The van der Waals surface area contributed by atoms with E-state index in [2.05, 4.69) is 0 Å². The summed E-state index contributed by atoms with van der Waals surface area (Å²) in [5.41, 5.74) is 1.95. The first-order valence-corrected chi connectivity index (χ1v) is 8.59. The Kier molecular flexibility index (Phi) is 4.04. The van der Waals surface area contributed by atoms with Gasteiger partial charge < -0.3 is 9.64 Å². The average molecular weight is 305 g/mol. The van der Waals surface area contributed by atoms with E-state index in [9.17, 15) is 9.59 Å². The molecular formula is C18H27NO3. The largest absolute Gasteiger partial charge is 0.444 e. The van der Waals surface area contributed by atoms with Gasteiger partial charge in [-0.25, -0.2) is 4.79 Å². The fourth-order valence-corrected chi connectivity index (χ4v) is 4.16. The molecule has 0 aromatic carbocycles. The quantitative estimate of drug-likeness (QED) is 0.683. The topological polar surface area (TPSA) is 46.6 Å². The molecule has 1 amide bonds. The van der Waals surface area contributed by atoms with Gasteiger partial charge in [0.2, 0.25) is 0 Å². The van der Waals surface area contributed by atoms with Gasteiger partial charge in [-0.2, -0.15) is 0 Å². The Labute approximate surface area is 132 Å². The number of rotatable bonds is 0. The van der Waals surface area contributed by atoms with E-state index in [1.165, 1.54) is 5.57 Å². The molecule has 0 N–H and O–H groups in total. The highest BCUT2D eigenvalue weighted by atomic mass is 16.6. The Hall–Kier alpha value is -1.32. The summed E-state index contributed by atoms with van der Waals surface area (Å²) in [6, 6.07) is 0.230. The molecule has 0 radical (unpaired) electrons. The number of fused-ring (bicyclic) bond motifs is 1. The highest BCUT2D eigenvalue weighted by Gasteiger charge is 2.41. The summed E-state index contributed by atoms with van der Waals surface area (Å²) in [4.78, 5) is 26.6. The summed E-state index contributed by atoms with van der Waals surface area (Å²) >= 11 is 0. The van der Waals surface area contributed by atoms with Crippen LogP contribution in [0.15, 0.2) is 11.1 Å². The lowest BCUT2D eigenvalue weighted by molar-refractivity contribution is -0.116. The van der Waals surface area contributed by atoms with E-state index in [4.69, 9.17) is 4.74 Å². The number of likely N-dealkylation sites (tertiary alicyclic amines) is 1. The maximum Gasteiger partial charge on any atom is 0.410 e. The van der Waals surface area contributed by atoms with Crippen LogP contribution in [-0.2, 0) is 9.53 Å². The zero-order chi connectivity index (χ0) is 15.9. The highest BCUT2D eigenvalue weighted by molar-refractivity contribution is 5.97. The SMILES string of the molecule is CC(C)(C)OC(=O)N1CCC[C@@H]2CC3=C(CCCC3=O)C[C@@H]21. The number of nitrogens with zero attached hydrogens (tertiary/aromatic N) is 1. The zero-order valence-electron chi connectivity index (χ0n) is 14.0. The summed E-state index contributed by atoms with van der Waals surface area (Å²) in [6.45, 7) is 6.52. The molecule has 0 saturated carbocycles. The number of carbonyl (C=O) groups is 2. The molecule has 2 atom stereocenters. The molecule has 122 valence electrons. The van der Waals surface area contributed by atoms with Crippen molar-refractivity contribution in [1.29, 1.82) is 0 Å². The van der Waals surface area contributed by atoms with Crippen molar-refractivity contribution in [3.8, 4) is 0 Å². The molecule has 2 aliphatic carbocycles. The van der Waals surface area contributed by atoms with Crippen molar-refractivity contribution in [2.75, 3.05) is 6.54 Å². The molecule has 3 rings (SSSR count). The number of piperidine rings is 1. The number of amides is 1. The predicted octanol–water partition coefficient (Wildman–Crippen LogP) is 3.85. The fraction of sp³-hybridized carbons (Fsp3) is 0.778. The van der Waals surface area contributed by atoms with E-state index in [-0.39, 0.29) is 12.1 Å². The molecule has 1 saturated heterocycles. The summed E-state index contributed by atoms with van der Waals surface area (Å²) in [7, 11) is 0. The maximum atomic E-state index is 12.5. The van der Waals surface area contributed by atoms with E-state index in [1.54, 1.807) is 0 Å². The van der Waals surface area contributed by atoms with Gasteiger partial charge in [0, 0.05) is 19.0 Å². The Balaban J connectivity index is 1.79. The lowest BCUT2D eigenvalue weighted by Gasteiger charge is -2.45. The number of ketones is 1. The number of hydrogen-bond donors (Lipinski definition) is 0. The summed E-state index contributed by atoms with van der Waals surface area (Å²) in [5, 5.41) is 0. The molecule has 3 aliphatic rings. The average Bonchev–Trinajstić information content (AvgIpc) is 2.43. The van der Waals surface area contributed by atoms with Crippen molar-refractivity contribution in [3.05, 3.63) is 11.1 Å². The van der Waals surface area contributed by atoms with Crippen molar-refractivity contribution in [3.63, 3.8) is 0 Å². The van der Waals surface area contributed by atoms with Gasteiger partial charge in [0.15, 0.2) is 5.78 Å². The molecule has 4 heteroatoms. The van der Waals surface area contributed by atoms with E-state index in [1.807, 2.05) is 25.7 Å². The lowest BCUT2D eigenvalue weighted by atomic mass is 9.71. The van der Waals surface area contributed by atoms with Crippen molar-refractivity contribution >= 4 is 11.9 Å². The van der Waals surface area contributed by atoms with Crippen LogP contribution in [0.5, 0.6) is 0 Å². The first-order valence-electron chi connectivity index (χ1n) is 8.59. The van der Waals surface area contributed by atoms with Gasteiger partial charge in [-0.15, -0.1) is 0 Å². The molecule has 0 bridgehead atoms. The van der Waals surface area contributed by atoms with Crippen LogP contribution in [0.1, 0.15) is 65.7 Å². The van der Waals surface area contributed by atoms with Crippen molar-refractivity contribution in [1.82, 2.24) is 4.90 Å². The molecule has 0 aromatic heterocycles. The number of hydrogen-bond acceptors (Lipinski definition) is 3. The van der Waals surface area contributed by atoms with Crippen LogP contribution in [0.3, 0.4) is 0 Å². The first-order chi connectivity index (χ1) is 10.3. The van der Waals surface area contributed by atoms with Gasteiger partial charge in [-0.1, -0.05) is 5.57 Å². The molecule has 4 nitrogen and oxygen atoms in total. The third kappa shape index (κ3) is 3.06. The number of allylic oxidation sites excluding steroid dienone is 1. The molecule has 1 heterocycles. The van der Waals surface area contributed by atoms with Gasteiger partial charge in [-0.3, -0.25) is 4.79 Å². The van der Waals surface area contributed by atoms with E-state index < -0.39 is 5.60 Å². The van der Waals surface area contributed by atoms with Crippen LogP contribution in [-0.4, -0.2) is 35.0 Å². The molecule has 1 aliphatic heterocycles. The Morgan fingerprint density at radius 3 is 2.68 bits per heavy atom. The van der Waals surface area contributed by atoms with E-state index >= 15 is 0 Å². The Morgan fingerprint density at radius 1 is 1.18 bits per heavy atom. The molecule has 0 unspecified atom stereocenters. The van der Waals surface area contributed by atoms with Crippen LogP contribution >= 0.6 is 0 Å². The second-order valence-corrected chi connectivity index (χ2v) is 7.91. The van der Waals surface area contributed by atoms with Gasteiger partial charge in [-0.05, 0) is 70.8 Å². The third-order valence-electron chi connectivity index (χ3n) is 5.11. The van der Waals surface area contributed by atoms with Crippen LogP contribution in [0.4, 0.5) is 4.79 Å². The minimum absolute atomic E-state index is 0.187. The van der Waals surface area contributed by atoms with Crippen molar-refractivity contribution in [2.24, 2.45) is 5.92 Å². The van der Waals surface area contributed by atoms with Crippen LogP contribution in [0.2, 0.25) is 0 Å². The van der Waals surface area contributed by atoms with Crippen molar-refractivity contribution < 1.29 is 14.3 Å². The second-order valence-electron chi connectivity index (χ2n) is 7.91. The minimum Gasteiger partial charge on any atom is -0.444 e. The van der Waals surface area contributed by atoms with Crippen LogP contribution in [0, 0.1) is 5.92 Å². The monoisotopic (exact) mass is 305 g/mol. The molecule has 1 fully saturated rings. The number of Topliss-reactive ketones (excluding diaryl/α,β-unsaturated/α-hetero) is 1. The van der Waals surface area contributed by atoms with Crippen molar-refractivity contribution in [2.45, 2.75) is 77.4 Å². The lowest BCUT2D eigenvalue weighted by Crippen LogP contribution is -2.52. The smallest absolute Gasteiger partial charge is 0.410 e. The van der Waals surface area contributed by atoms with Gasteiger partial charge in [0.25, 0.3) is 0 Å². The van der Waals surface area contributed by atoms with Gasteiger partial charge in [0.1, 0.15) is 5.60 Å². The molecule has 22 heavy (non-hydrogen) atoms. The summed E-state index contributed by atoms with van der Waals surface area (Å²) in [6.07, 6.45) is 6.42. The minimum atomic E-state index is -0.454. The Morgan fingerprint density at radius 2 is 1.95 bits per heavy atom. The van der Waals surface area contributed by atoms with E-state index in [0.29, 0.717) is 18.1 Å². The zero-order valence-corrected chi connectivity index (χ0v) is 14.0. The molecule has 0 aromatic rings. The predicted molar refractivity (Wildman–Crippen MR) is 84.6 cm³/mol. The number of carbonyl (C=O) groups excluding carboxylic acids is 2. The second kappa shape index (κ2) is 5.71. The van der Waals surface area contributed by atoms with Crippen LogP contribution in [0.25, 0.3) is 0 Å². The maximum absolute atomic E-state index is 12.5. The van der Waals surface area contributed by atoms with E-state index in [0.717, 1.165) is 50.6 Å². The standard InChI is InChI=1S/C18H27NO3/c1-18(2,3)22-17(21)19-9-5-7-13-10-14-12(11-15(13)19)6-4-8-16(14)20/h13,15H,4-11H2,1-3H3/t13-,15+/m1/s1. The number of ether oxygens (including phenoxy) is 1. The van der Waals surface area contributed by atoms with Gasteiger partial charge in [0.05, 0.1) is 0 Å². The summed E-state index contributed by atoms with van der Waals surface area (Å²) < 4.78 is 5.59. The third-order valence-corrected chi connectivity index (χ3v) is 5.11. The molecular weight excluding hydrogens is 278 g/mol. The Bertz CT molecular complexity index is 515. The highest BCUT2D eigenvalue weighted by Crippen LogP contribution is 2.42. The van der Waals surface area contributed by atoms with Crippen LogP contribution < -0.4 is 0 Å². The van der Waals surface area contributed by atoms with Gasteiger partial charge >= 0.3 is 6.09 Å². The first kappa shape index (κ1) is 15.6. The molecule has 0 spiro atoms. The summed E-state index contributed by atoms with van der Waals surface area (Å²) in [5.74, 6) is 0.788.